The fraction of sp³-hybridized carbons (Fsp3) is 0.929. The average molecular weight is 254 g/mol. The molecule has 2 rings (SSSR count). The van der Waals surface area contributed by atoms with Crippen molar-refractivity contribution in [2.75, 3.05) is 26.2 Å². The molecular weight excluding hydrogens is 228 g/mol. The highest BCUT2D eigenvalue weighted by atomic mass is 16.3. The topological polar surface area (TPSA) is 52.6 Å². The minimum absolute atomic E-state index is 0.0519. The summed E-state index contributed by atoms with van der Waals surface area (Å²) in [6, 6.07) is 0.0631. The lowest BCUT2D eigenvalue weighted by atomic mass is 9.74. The van der Waals surface area contributed by atoms with Gasteiger partial charge in [-0.15, -0.1) is 0 Å². The Morgan fingerprint density at radius 3 is 2.28 bits per heavy atom. The summed E-state index contributed by atoms with van der Waals surface area (Å²) < 4.78 is 0. The number of rotatable bonds is 3. The second-order valence-electron chi connectivity index (χ2n) is 5.93. The van der Waals surface area contributed by atoms with E-state index in [-0.39, 0.29) is 18.1 Å². The van der Waals surface area contributed by atoms with Gasteiger partial charge in [-0.3, -0.25) is 0 Å². The third-order valence-corrected chi connectivity index (χ3v) is 4.51. The Balaban J connectivity index is 1.79. The first-order valence-corrected chi connectivity index (χ1v) is 7.39. The zero-order valence-electron chi connectivity index (χ0n) is 11.3. The van der Waals surface area contributed by atoms with Gasteiger partial charge in [0.2, 0.25) is 0 Å². The smallest absolute Gasteiger partial charge is 0.317 e. The molecule has 0 aromatic carbocycles. The second-order valence-corrected chi connectivity index (χ2v) is 5.93. The number of aliphatic hydroxyl groups is 1. The van der Waals surface area contributed by atoms with E-state index in [1.807, 2.05) is 4.90 Å². The summed E-state index contributed by atoms with van der Waals surface area (Å²) in [6.45, 7) is 2.61. The van der Waals surface area contributed by atoms with E-state index in [9.17, 15) is 9.90 Å². The van der Waals surface area contributed by atoms with E-state index in [2.05, 4.69) is 5.32 Å². The van der Waals surface area contributed by atoms with Crippen molar-refractivity contribution >= 4 is 6.03 Å². The molecule has 0 aromatic rings. The minimum atomic E-state index is -0.0519. The average Bonchev–Trinajstić information content (AvgIpc) is 2.47. The Morgan fingerprint density at radius 1 is 1.06 bits per heavy atom. The van der Waals surface area contributed by atoms with Crippen molar-refractivity contribution in [1.29, 1.82) is 0 Å². The first kappa shape index (κ1) is 13.7. The van der Waals surface area contributed by atoms with E-state index in [1.54, 1.807) is 0 Å². The van der Waals surface area contributed by atoms with E-state index in [1.165, 1.54) is 25.7 Å². The standard InChI is InChI=1S/C14H26N2O2/c17-12-14(7-3-1-4-8-14)11-15-13(18)16-9-5-2-6-10-16/h17H,1-12H2,(H,15,18). The Labute approximate surface area is 110 Å². The van der Waals surface area contributed by atoms with Gasteiger partial charge in [0.25, 0.3) is 0 Å². The van der Waals surface area contributed by atoms with Crippen LogP contribution in [0.5, 0.6) is 0 Å². The number of hydrogen-bond donors (Lipinski definition) is 2. The van der Waals surface area contributed by atoms with Crippen LogP contribution in [0, 0.1) is 5.41 Å². The summed E-state index contributed by atoms with van der Waals surface area (Å²) in [5.74, 6) is 0. The molecule has 4 heteroatoms. The normalized spacial score (nSPS) is 23.7. The maximum atomic E-state index is 12.0. The zero-order valence-corrected chi connectivity index (χ0v) is 11.3. The SMILES string of the molecule is O=C(NCC1(CO)CCCCC1)N1CCCCC1. The van der Waals surface area contributed by atoms with Crippen LogP contribution in [-0.2, 0) is 0 Å². The molecule has 104 valence electrons. The van der Waals surface area contributed by atoms with Gasteiger partial charge in [0.15, 0.2) is 0 Å². The summed E-state index contributed by atoms with van der Waals surface area (Å²) in [5, 5.41) is 12.6. The number of nitrogens with zero attached hydrogens (tertiary/aromatic N) is 1. The molecule has 0 unspecified atom stereocenters. The molecule has 1 aliphatic carbocycles. The summed E-state index contributed by atoms with van der Waals surface area (Å²) in [7, 11) is 0. The summed E-state index contributed by atoms with van der Waals surface area (Å²) in [4.78, 5) is 13.9. The van der Waals surface area contributed by atoms with Gasteiger partial charge in [0, 0.05) is 25.0 Å². The van der Waals surface area contributed by atoms with Gasteiger partial charge in [-0.05, 0) is 32.1 Å². The van der Waals surface area contributed by atoms with Crippen LogP contribution in [0.3, 0.4) is 0 Å². The maximum absolute atomic E-state index is 12.0. The molecule has 0 spiro atoms. The van der Waals surface area contributed by atoms with Crippen LogP contribution in [0.25, 0.3) is 0 Å². The Morgan fingerprint density at radius 2 is 1.67 bits per heavy atom. The summed E-state index contributed by atoms with van der Waals surface area (Å²) in [6.07, 6.45) is 9.21. The molecule has 1 aliphatic heterocycles. The molecule has 18 heavy (non-hydrogen) atoms. The van der Waals surface area contributed by atoms with Gasteiger partial charge in [-0.2, -0.15) is 0 Å². The molecule has 1 saturated carbocycles. The third kappa shape index (κ3) is 3.37. The number of urea groups is 1. The highest BCUT2D eigenvalue weighted by Gasteiger charge is 2.32. The highest BCUT2D eigenvalue weighted by Crippen LogP contribution is 2.35. The fourth-order valence-electron chi connectivity index (χ4n) is 3.16. The van der Waals surface area contributed by atoms with Crippen molar-refractivity contribution in [3.63, 3.8) is 0 Å². The van der Waals surface area contributed by atoms with Gasteiger partial charge in [0.1, 0.15) is 0 Å². The Bertz CT molecular complexity index is 269. The van der Waals surface area contributed by atoms with Crippen molar-refractivity contribution in [2.24, 2.45) is 5.41 Å². The number of carbonyl (C=O) groups excluding carboxylic acids is 1. The number of piperidine rings is 1. The summed E-state index contributed by atoms with van der Waals surface area (Å²) >= 11 is 0. The largest absolute Gasteiger partial charge is 0.396 e. The molecule has 1 heterocycles. The number of likely N-dealkylation sites (tertiary alicyclic amines) is 1. The number of carbonyl (C=O) groups is 1. The molecule has 0 aromatic heterocycles. The maximum Gasteiger partial charge on any atom is 0.317 e. The Kier molecular flexibility index (Phi) is 4.87. The van der Waals surface area contributed by atoms with E-state index < -0.39 is 0 Å². The molecule has 0 atom stereocenters. The van der Waals surface area contributed by atoms with Crippen LogP contribution in [0.2, 0.25) is 0 Å². The zero-order chi connectivity index (χ0) is 12.8. The van der Waals surface area contributed by atoms with Crippen molar-refractivity contribution in [1.82, 2.24) is 10.2 Å². The van der Waals surface area contributed by atoms with Crippen molar-refractivity contribution in [3.05, 3.63) is 0 Å². The van der Waals surface area contributed by atoms with Crippen molar-refractivity contribution in [3.8, 4) is 0 Å². The van der Waals surface area contributed by atoms with Gasteiger partial charge >= 0.3 is 6.03 Å². The lowest BCUT2D eigenvalue weighted by Gasteiger charge is -2.36. The first-order chi connectivity index (χ1) is 8.76. The number of amides is 2. The van der Waals surface area contributed by atoms with E-state index in [4.69, 9.17) is 0 Å². The molecule has 2 amide bonds. The van der Waals surface area contributed by atoms with E-state index in [0.29, 0.717) is 6.54 Å². The predicted molar refractivity (Wildman–Crippen MR) is 71.4 cm³/mol. The molecule has 0 bridgehead atoms. The van der Waals surface area contributed by atoms with Crippen LogP contribution in [-0.4, -0.2) is 42.3 Å². The van der Waals surface area contributed by atoms with Crippen molar-refractivity contribution in [2.45, 2.75) is 51.4 Å². The molecule has 0 radical (unpaired) electrons. The quantitative estimate of drug-likeness (QED) is 0.810. The third-order valence-electron chi connectivity index (χ3n) is 4.51. The lowest BCUT2D eigenvalue weighted by Crippen LogP contribution is -2.48. The molecule has 4 nitrogen and oxygen atoms in total. The molecule has 2 N–H and O–H groups in total. The van der Waals surface area contributed by atoms with E-state index >= 15 is 0 Å². The fourth-order valence-corrected chi connectivity index (χ4v) is 3.16. The van der Waals surface area contributed by atoms with Crippen LogP contribution in [0.15, 0.2) is 0 Å². The Hall–Kier alpha value is -0.770. The minimum Gasteiger partial charge on any atom is -0.396 e. The number of hydrogen-bond acceptors (Lipinski definition) is 2. The summed E-state index contributed by atoms with van der Waals surface area (Å²) in [5.41, 5.74) is -0.0519. The van der Waals surface area contributed by atoms with E-state index in [0.717, 1.165) is 38.8 Å². The van der Waals surface area contributed by atoms with Crippen LogP contribution in [0.1, 0.15) is 51.4 Å². The monoisotopic (exact) mass is 254 g/mol. The predicted octanol–water partition coefficient (Wildman–Crippen LogP) is 2.12. The molecule has 2 fully saturated rings. The van der Waals surface area contributed by atoms with Crippen LogP contribution in [0.4, 0.5) is 4.79 Å². The molecule has 1 saturated heterocycles. The van der Waals surface area contributed by atoms with Gasteiger partial charge in [-0.25, -0.2) is 4.79 Å². The highest BCUT2D eigenvalue weighted by molar-refractivity contribution is 5.74. The lowest BCUT2D eigenvalue weighted by molar-refractivity contribution is 0.0809. The first-order valence-electron chi connectivity index (χ1n) is 7.39. The molecule has 2 aliphatic rings. The van der Waals surface area contributed by atoms with Gasteiger partial charge in [-0.1, -0.05) is 19.3 Å². The molecular formula is C14H26N2O2. The van der Waals surface area contributed by atoms with Gasteiger partial charge in [0.05, 0.1) is 6.61 Å². The number of nitrogens with one attached hydrogen (secondary N) is 1. The van der Waals surface area contributed by atoms with Gasteiger partial charge < -0.3 is 15.3 Å². The van der Waals surface area contributed by atoms with Crippen LogP contribution >= 0.6 is 0 Å². The van der Waals surface area contributed by atoms with Crippen molar-refractivity contribution < 1.29 is 9.90 Å². The number of aliphatic hydroxyl groups excluding tert-OH is 1. The second kappa shape index (κ2) is 6.41. The van der Waals surface area contributed by atoms with Crippen LogP contribution < -0.4 is 5.32 Å².